The fraction of sp³-hybridized carbons (Fsp3) is 0.500. The third kappa shape index (κ3) is 2.65. The van der Waals surface area contributed by atoms with Crippen molar-refractivity contribution in [2.24, 2.45) is 0 Å². The average Bonchev–Trinajstić information content (AvgIpc) is 2.38. The monoisotopic (exact) mass is 277 g/mol. The number of nitrogens with one attached hydrogen (secondary N) is 1. The number of hydrogen-bond acceptors (Lipinski definition) is 4. The molecule has 1 saturated heterocycles. The lowest BCUT2D eigenvalue weighted by Gasteiger charge is -2.39. The lowest BCUT2D eigenvalue weighted by molar-refractivity contribution is -0.384. The van der Waals surface area contributed by atoms with Gasteiger partial charge in [-0.2, -0.15) is 0 Å². The summed E-state index contributed by atoms with van der Waals surface area (Å²) in [5.74, 6) is -0.0566. The highest BCUT2D eigenvalue weighted by Crippen LogP contribution is 2.21. The molecule has 6 nitrogen and oxygen atoms in total. The maximum absolute atomic E-state index is 12.7. The van der Waals surface area contributed by atoms with E-state index in [4.69, 9.17) is 0 Å². The summed E-state index contributed by atoms with van der Waals surface area (Å²) >= 11 is 0. The molecule has 108 valence electrons. The Labute approximate surface area is 117 Å². The van der Waals surface area contributed by atoms with Crippen molar-refractivity contribution in [3.8, 4) is 0 Å². The first-order valence-corrected chi connectivity index (χ1v) is 6.70. The molecule has 0 aromatic heterocycles. The highest BCUT2D eigenvalue weighted by Gasteiger charge is 2.30. The lowest BCUT2D eigenvalue weighted by atomic mass is 10.0. The zero-order valence-corrected chi connectivity index (χ0v) is 11.9. The number of carbonyl (C=O) groups is 1. The first-order chi connectivity index (χ1) is 9.41. The number of aryl methyl sites for hydroxylation is 1. The van der Waals surface area contributed by atoms with E-state index in [2.05, 4.69) is 5.32 Å². The van der Waals surface area contributed by atoms with Crippen LogP contribution >= 0.6 is 0 Å². The summed E-state index contributed by atoms with van der Waals surface area (Å²) in [5, 5.41) is 14.0. The van der Waals surface area contributed by atoms with Crippen molar-refractivity contribution in [2.45, 2.75) is 32.9 Å². The van der Waals surface area contributed by atoms with E-state index in [0.717, 1.165) is 13.1 Å². The number of benzene rings is 1. The Kier molecular flexibility index (Phi) is 4.04. The minimum absolute atomic E-state index is 0.0143. The van der Waals surface area contributed by atoms with Crippen LogP contribution in [-0.2, 0) is 0 Å². The molecule has 0 radical (unpaired) electrons. The second-order valence-corrected chi connectivity index (χ2v) is 5.33. The molecule has 20 heavy (non-hydrogen) atoms. The fourth-order valence-electron chi connectivity index (χ4n) is 2.67. The summed E-state index contributed by atoms with van der Waals surface area (Å²) in [5.41, 5.74) is 1.19. The van der Waals surface area contributed by atoms with Crippen molar-refractivity contribution in [1.29, 1.82) is 0 Å². The molecular weight excluding hydrogens is 258 g/mol. The third-order valence-corrected chi connectivity index (χ3v) is 3.71. The molecule has 2 atom stereocenters. The number of carbonyl (C=O) groups excluding carboxylic acids is 1. The molecule has 1 aliphatic heterocycles. The molecule has 2 unspecified atom stereocenters. The Bertz CT molecular complexity index is 534. The summed E-state index contributed by atoms with van der Waals surface area (Å²) in [6.45, 7) is 7.27. The Morgan fingerprint density at radius 1 is 1.35 bits per heavy atom. The molecule has 1 N–H and O–H groups in total. The topological polar surface area (TPSA) is 75.5 Å². The standard InChI is InChI=1S/C14H19N3O3/c1-9-6-12(17(19)20)4-5-13(9)14(18)16-10(2)7-15-8-11(16)3/h4-6,10-11,15H,7-8H2,1-3H3. The van der Waals surface area contributed by atoms with Crippen LogP contribution in [0.2, 0.25) is 0 Å². The first kappa shape index (κ1) is 14.5. The fourth-order valence-corrected chi connectivity index (χ4v) is 2.67. The minimum Gasteiger partial charge on any atom is -0.331 e. The normalized spacial score (nSPS) is 22.6. The Morgan fingerprint density at radius 2 is 1.95 bits per heavy atom. The molecular formula is C14H19N3O3. The van der Waals surface area contributed by atoms with Gasteiger partial charge in [0, 0.05) is 42.9 Å². The summed E-state index contributed by atoms with van der Waals surface area (Å²) < 4.78 is 0. The van der Waals surface area contributed by atoms with Crippen molar-refractivity contribution < 1.29 is 9.72 Å². The smallest absolute Gasteiger partial charge is 0.269 e. The predicted octanol–water partition coefficient (Wildman–Crippen LogP) is 1.73. The average molecular weight is 277 g/mol. The van der Waals surface area contributed by atoms with Gasteiger partial charge in [0.25, 0.3) is 11.6 Å². The largest absolute Gasteiger partial charge is 0.331 e. The van der Waals surface area contributed by atoms with Gasteiger partial charge in [-0.25, -0.2) is 0 Å². The van der Waals surface area contributed by atoms with Gasteiger partial charge in [0.1, 0.15) is 0 Å². The van der Waals surface area contributed by atoms with Crippen LogP contribution in [0.3, 0.4) is 0 Å². The highest BCUT2D eigenvalue weighted by atomic mass is 16.6. The number of non-ortho nitro benzene ring substituents is 1. The first-order valence-electron chi connectivity index (χ1n) is 6.70. The summed E-state index contributed by atoms with van der Waals surface area (Å²) in [7, 11) is 0. The van der Waals surface area contributed by atoms with Crippen LogP contribution in [0.5, 0.6) is 0 Å². The van der Waals surface area contributed by atoms with E-state index in [1.54, 1.807) is 13.0 Å². The van der Waals surface area contributed by atoms with Gasteiger partial charge in [-0.05, 0) is 32.4 Å². The van der Waals surface area contributed by atoms with Crippen LogP contribution in [0.15, 0.2) is 18.2 Å². The number of nitro groups is 1. The van der Waals surface area contributed by atoms with Gasteiger partial charge in [-0.1, -0.05) is 0 Å². The van der Waals surface area contributed by atoms with Gasteiger partial charge in [0.05, 0.1) is 4.92 Å². The Morgan fingerprint density at radius 3 is 2.45 bits per heavy atom. The van der Waals surface area contributed by atoms with Gasteiger partial charge in [0.2, 0.25) is 0 Å². The molecule has 1 aliphatic rings. The number of rotatable bonds is 2. The summed E-state index contributed by atoms with van der Waals surface area (Å²) in [6.07, 6.45) is 0. The number of piperazine rings is 1. The highest BCUT2D eigenvalue weighted by molar-refractivity contribution is 5.96. The molecule has 0 aliphatic carbocycles. The van der Waals surface area contributed by atoms with Crippen molar-refractivity contribution >= 4 is 11.6 Å². The molecule has 2 rings (SSSR count). The molecule has 6 heteroatoms. The SMILES string of the molecule is Cc1cc([N+](=O)[O-])ccc1C(=O)N1C(C)CNCC1C. The van der Waals surface area contributed by atoms with Gasteiger partial charge in [-0.15, -0.1) is 0 Å². The number of nitro benzene ring substituents is 1. The summed E-state index contributed by atoms with van der Waals surface area (Å²) in [6, 6.07) is 4.61. The molecule has 1 amide bonds. The van der Waals surface area contributed by atoms with E-state index < -0.39 is 4.92 Å². The number of hydrogen-bond donors (Lipinski definition) is 1. The second kappa shape index (κ2) is 5.58. The molecule has 1 aromatic rings. The Balaban J connectivity index is 2.31. The van der Waals surface area contributed by atoms with Crippen LogP contribution in [0.4, 0.5) is 5.69 Å². The maximum atomic E-state index is 12.7. The van der Waals surface area contributed by atoms with Crippen LogP contribution in [-0.4, -0.2) is 40.9 Å². The Hall–Kier alpha value is -1.95. The van der Waals surface area contributed by atoms with E-state index in [0.29, 0.717) is 11.1 Å². The van der Waals surface area contributed by atoms with E-state index in [9.17, 15) is 14.9 Å². The molecule has 0 bridgehead atoms. The predicted molar refractivity (Wildman–Crippen MR) is 75.8 cm³/mol. The van der Waals surface area contributed by atoms with E-state index in [1.165, 1.54) is 12.1 Å². The van der Waals surface area contributed by atoms with Gasteiger partial charge in [-0.3, -0.25) is 14.9 Å². The third-order valence-electron chi connectivity index (χ3n) is 3.71. The quantitative estimate of drug-likeness (QED) is 0.659. The molecule has 1 aromatic carbocycles. The minimum atomic E-state index is -0.447. The van der Waals surface area contributed by atoms with E-state index in [-0.39, 0.29) is 23.7 Å². The van der Waals surface area contributed by atoms with Crippen LogP contribution in [0, 0.1) is 17.0 Å². The van der Waals surface area contributed by atoms with Crippen molar-refractivity contribution in [3.05, 3.63) is 39.4 Å². The van der Waals surface area contributed by atoms with Crippen molar-refractivity contribution in [2.75, 3.05) is 13.1 Å². The van der Waals surface area contributed by atoms with Gasteiger partial charge < -0.3 is 10.2 Å². The molecule has 1 fully saturated rings. The second-order valence-electron chi connectivity index (χ2n) is 5.33. The molecule has 0 saturated carbocycles. The van der Waals surface area contributed by atoms with E-state index in [1.807, 2.05) is 18.7 Å². The van der Waals surface area contributed by atoms with E-state index >= 15 is 0 Å². The lowest BCUT2D eigenvalue weighted by Crippen LogP contribution is -2.57. The van der Waals surface area contributed by atoms with Gasteiger partial charge >= 0.3 is 0 Å². The van der Waals surface area contributed by atoms with Crippen LogP contribution < -0.4 is 5.32 Å². The summed E-state index contributed by atoms with van der Waals surface area (Å²) in [4.78, 5) is 24.8. The molecule has 1 heterocycles. The number of amides is 1. The maximum Gasteiger partial charge on any atom is 0.269 e. The number of nitrogens with zero attached hydrogens (tertiary/aromatic N) is 2. The molecule has 0 spiro atoms. The zero-order chi connectivity index (χ0) is 14.9. The van der Waals surface area contributed by atoms with Crippen LogP contribution in [0.1, 0.15) is 29.8 Å². The zero-order valence-electron chi connectivity index (χ0n) is 11.9. The van der Waals surface area contributed by atoms with Gasteiger partial charge in [0.15, 0.2) is 0 Å². The van der Waals surface area contributed by atoms with Crippen molar-refractivity contribution in [1.82, 2.24) is 10.2 Å². The van der Waals surface area contributed by atoms with Crippen molar-refractivity contribution in [3.63, 3.8) is 0 Å². The van der Waals surface area contributed by atoms with Crippen LogP contribution in [0.25, 0.3) is 0 Å².